The number of nitrogens with zero attached hydrogens (tertiary/aromatic N) is 9. The Morgan fingerprint density at radius 2 is 0.908 bits per heavy atom. The Hall–Kier alpha value is -5.10. The number of non-ortho nitro benzene ring substituents is 2. The van der Waals surface area contributed by atoms with E-state index in [1.165, 1.54) is 23.9 Å². The van der Waals surface area contributed by atoms with E-state index in [1.807, 2.05) is 59.5 Å². The fourth-order valence-electron chi connectivity index (χ4n) is 7.97. The first kappa shape index (κ1) is 67.0. The van der Waals surface area contributed by atoms with E-state index >= 15 is 0 Å². The molecule has 0 saturated carbocycles. The number of anilines is 6. The van der Waals surface area contributed by atoms with Crippen LogP contribution in [0.4, 0.5) is 45.5 Å². The van der Waals surface area contributed by atoms with Crippen LogP contribution in [0.1, 0.15) is 2.85 Å². The maximum Gasteiger partial charge on any atom is 1.00 e. The third kappa shape index (κ3) is 24.5. The number of hydrogen-bond acceptors (Lipinski definition) is 19. The summed E-state index contributed by atoms with van der Waals surface area (Å²) in [6, 6.07) is 29.0. The molecule has 4 saturated heterocycles. The molecule has 28 heteroatoms. The third-order valence-electron chi connectivity index (χ3n) is 11.9. The molecule has 76 heavy (non-hydrogen) atoms. The zero-order chi connectivity index (χ0) is 55.1. The molecule has 4 aromatic rings. The second-order valence-corrected chi connectivity index (χ2v) is 16.6. The molecule has 8 rings (SSSR count). The summed E-state index contributed by atoms with van der Waals surface area (Å²) < 4.78 is 11.5. The Morgan fingerprint density at radius 3 is 1.21 bits per heavy atom. The van der Waals surface area contributed by atoms with Crippen molar-refractivity contribution in [3.8, 4) is 0 Å². The van der Waals surface area contributed by atoms with Gasteiger partial charge in [-0.1, -0.05) is 24.3 Å². The van der Waals surface area contributed by atoms with Crippen LogP contribution in [-0.2, 0) is 14.4 Å². The number of carboxylic acids is 1. The number of benzene rings is 4. The molecule has 4 heterocycles. The van der Waals surface area contributed by atoms with Gasteiger partial charge in [-0.05, 0) is 51.2 Å². The number of amides is 2. The van der Waals surface area contributed by atoms with Crippen LogP contribution in [0.25, 0.3) is 0 Å². The SMILES string of the molecule is Nc1cccc(N2CCN(C(=O)CO)CC2)c1.Nc1cccc(N2CCN(CCO)CC2)c1.O=C(CO)N1CCN(c2cccc([N+](=O)[O-])c2)CC1.O=C(O)CO.O=[N+]([O-])c1cccc(N2CCNCC2)c1.[3H][B][3H].[AlH3].[H-].[HH].[Li+].[U]. The van der Waals surface area contributed by atoms with Crippen LogP contribution < -0.4 is 55.2 Å². The predicted octanol–water partition coefficient (Wildman–Crippen LogP) is -4.14. The van der Waals surface area contributed by atoms with Crippen molar-refractivity contribution in [1.82, 2.24) is 20.0 Å². The minimum atomic E-state index is -1.19. The number of piperazine rings is 4. The van der Waals surface area contributed by atoms with Crippen LogP contribution >= 0.6 is 0 Å². The number of hydrogen-bond donors (Lipinski definition) is 8. The maximum absolute atomic E-state index is 11.3. The Bertz CT molecular complexity index is 2390. The molecular formula is C48H76AlBLiN12O12U. The van der Waals surface area contributed by atoms with Crippen LogP contribution in [-0.4, -0.2) is 234 Å². The van der Waals surface area contributed by atoms with Gasteiger partial charge in [0.15, 0.2) is 17.4 Å². The first-order chi connectivity index (χ1) is 36.1. The number of nitro benzene ring substituents is 2. The van der Waals surface area contributed by atoms with E-state index in [2.05, 4.69) is 31.0 Å². The number of nitrogen functional groups attached to an aromatic ring is 2. The summed E-state index contributed by atoms with van der Waals surface area (Å²) in [6.45, 7) is 12.2. The molecule has 0 aromatic heterocycles. The molecule has 4 aliphatic rings. The fraction of sp³-hybridized carbons (Fsp3) is 0.438. The van der Waals surface area contributed by atoms with Gasteiger partial charge in [0.1, 0.15) is 19.8 Å². The van der Waals surface area contributed by atoms with Gasteiger partial charge in [0, 0.05) is 202 Å². The smallest absolute Gasteiger partial charge is 1.00 e. The van der Waals surface area contributed by atoms with Crippen molar-refractivity contribution in [2.45, 2.75) is 0 Å². The average Bonchev–Trinajstić information content (AvgIpc) is 3.44. The van der Waals surface area contributed by atoms with E-state index in [0.29, 0.717) is 47.6 Å². The maximum atomic E-state index is 11.3. The number of nitrogens with two attached hydrogens (primary N) is 2. The van der Waals surface area contributed by atoms with Crippen molar-refractivity contribution < 1.29 is 103 Å². The van der Waals surface area contributed by atoms with Crippen molar-refractivity contribution in [2.24, 2.45) is 0 Å². The molecule has 0 spiro atoms. The monoisotopic (exact) mass is 1300 g/mol. The van der Waals surface area contributed by atoms with Gasteiger partial charge in [-0.2, -0.15) is 0 Å². The fourth-order valence-corrected chi connectivity index (χ4v) is 7.97. The van der Waals surface area contributed by atoms with Crippen molar-refractivity contribution in [2.75, 3.05) is 169 Å². The van der Waals surface area contributed by atoms with Crippen LogP contribution in [0.3, 0.4) is 0 Å². The van der Waals surface area contributed by atoms with Gasteiger partial charge in [-0.15, -0.1) is 0 Å². The number of carboxylic acid groups (broad SMARTS) is 1. The topological polar surface area (TPSA) is 325 Å². The molecule has 0 atom stereocenters. The first-order valence-corrected chi connectivity index (χ1v) is 23.5. The van der Waals surface area contributed by atoms with Crippen LogP contribution in [0.5, 0.6) is 0 Å². The second kappa shape index (κ2) is 38.4. The molecule has 24 nitrogen and oxygen atoms in total. The van der Waals surface area contributed by atoms with Crippen molar-refractivity contribution in [3.63, 3.8) is 0 Å². The van der Waals surface area contributed by atoms with Gasteiger partial charge in [-0.25, -0.2) is 4.79 Å². The molecule has 411 valence electrons. The molecule has 4 aromatic carbocycles. The Labute approximate surface area is 497 Å². The van der Waals surface area contributed by atoms with Crippen molar-refractivity contribution in [1.29, 1.82) is 2.67 Å². The van der Waals surface area contributed by atoms with Crippen molar-refractivity contribution in [3.05, 3.63) is 117 Å². The summed E-state index contributed by atoms with van der Waals surface area (Å²) in [5.41, 5.74) is 17.3. The van der Waals surface area contributed by atoms with E-state index in [1.54, 1.807) is 28.0 Å². The minimum Gasteiger partial charge on any atom is -1.00 e. The van der Waals surface area contributed by atoms with E-state index < -0.39 is 30.7 Å². The van der Waals surface area contributed by atoms with Gasteiger partial charge in [0.05, 0.1) is 24.8 Å². The first-order valence-electron chi connectivity index (χ1n) is 24.6. The van der Waals surface area contributed by atoms with Crippen LogP contribution in [0.15, 0.2) is 97.1 Å². The largest absolute Gasteiger partial charge is 1.00 e. The minimum absolute atomic E-state index is 0. The van der Waals surface area contributed by atoms with E-state index in [0.717, 1.165) is 100 Å². The molecule has 4 aliphatic heterocycles. The number of aliphatic hydroxyl groups is 4. The molecule has 0 bridgehead atoms. The normalized spacial score (nSPS) is 15.1. The Morgan fingerprint density at radius 1 is 0.592 bits per heavy atom. The van der Waals surface area contributed by atoms with Gasteiger partial charge < -0.3 is 73.1 Å². The molecule has 0 aliphatic carbocycles. The number of nitro groups is 2. The standard InChI is InChI=1S/C12H15N3O4.C12H17N3O2.C12H19N3O.C10H13N3O2.C2H4O3.Al.BH2.Li.U.H2.4H/c16-9-12(17)14-6-4-13(5-7-14)10-2-1-3-11(8-10)15(18)19;13-10-2-1-3-11(8-10)14-4-6-15(7-5-14)12(17)9-16;13-11-2-1-3-12(10-11)15-6-4-14(5-7-15)8-9-16;14-13(15)10-3-1-2-9(8-10)12-6-4-11-5-7-12;3-1-2(4)5;;;;;;;;;/h1-3,8,16H,4-7,9H2;1-3,8,16H,4-7,9,13H2;1-3,10,16H,4-9,13H2;1-3,8,11H,4-7H2;3H,1H2,(H,4,5);;1H2;;;1H;;;;/q;;;;;;;+1;;;;;;-1/i;;;;;;1T2;;;;;;;. The number of β-amino-alcohol motifs (C(OH)–C–C–N with tert-alkyl or cyclic N) is 1. The Balaban J connectivity index is -0.000000928. The summed E-state index contributed by atoms with van der Waals surface area (Å²) in [7, 11) is 0.500. The molecular weight excluding hydrogens is 1220 g/mol. The van der Waals surface area contributed by atoms with Crippen LogP contribution in [0.2, 0.25) is 0 Å². The molecule has 1 radical (unpaired) electrons. The molecule has 0 unspecified atom stereocenters. The summed E-state index contributed by atoms with van der Waals surface area (Å²) in [5, 5.41) is 66.0. The number of rotatable bonds is 11. The quantitative estimate of drug-likeness (QED) is 0.0306. The average molecular weight is 1300 g/mol. The molecule has 10 N–H and O–H groups in total. The van der Waals surface area contributed by atoms with Gasteiger partial charge in [0.25, 0.3) is 11.4 Å². The number of aliphatic carboxylic acids is 1. The summed E-state index contributed by atoms with van der Waals surface area (Å²) in [6.07, 6.45) is 0. The summed E-state index contributed by atoms with van der Waals surface area (Å²) in [4.78, 5) is 66.5. The Kier molecular flexibility index (Phi) is 33.9. The predicted molar refractivity (Wildman–Crippen MR) is 297 cm³/mol. The number of carbonyl (C=O) groups excluding carboxylic acids is 2. The second-order valence-electron chi connectivity index (χ2n) is 16.6. The van der Waals surface area contributed by atoms with Crippen LogP contribution in [0, 0.1) is 51.3 Å². The number of carbonyl (C=O) groups is 3. The van der Waals surface area contributed by atoms with Gasteiger partial charge in [-0.3, -0.25) is 34.7 Å². The third-order valence-corrected chi connectivity index (χ3v) is 11.9. The molecule has 2 amide bonds. The van der Waals surface area contributed by atoms with E-state index in [4.69, 9.17) is 44.5 Å². The number of nitrogens with one attached hydrogen (secondary N) is 1. The van der Waals surface area contributed by atoms with E-state index in [-0.39, 0.29) is 105 Å². The van der Waals surface area contributed by atoms with E-state index in [9.17, 15) is 29.8 Å². The van der Waals surface area contributed by atoms with Gasteiger partial charge >= 0.3 is 24.8 Å². The van der Waals surface area contributed by atoms with Crippen molar-refractivity contribution >= 4 is 89.0 Å². The summed E-state index contributed by atoms with van der Waals surface area (Å²) >= 11 is 0. The summed E-state index contributed by atoms with van der Waals surface area (Å²) in [5.74, 6) is -1.67. The zero-order valence-corrected chi connectivity index (χ0v) is 46.6. The zero-order valence-electron chi connectivity index (χ0n) is 45.4. The molecule has 4 fully saturated rings. The number of aliphatic hydroxyl groups excluding tert-OH is 4. The van der Waals surface area contributed by atoms with Gasteiger partial charge in [0.2, 0.25) is 11.8 Å².